The van der Waals surface area contributed by atoms with E-state index in [1.54, 1.807) is 16.2 Å². The minimum atomic E-state index is -0.498. The molecule has 0 spiro atoms. The predicted molar refractivity (Wildman–Crippen MR) is 188 cm³/mol. The van der Waals surface area contributed by atoms with E-state index in [4.69, 9.17) is 4.74 Å². The highest BCUT2D eigenvalue weighted by molar-refractivity contribution is 7.17. The highest BCUT2D eigenvalue weighted by atomic mass is 32.1. The van der Waals surface area contributed by atoms with E-state index in [0.29, 0.717) is 25.3 Å². The van der Waals surface area contributed by atoms with Crippen LogP contribution in [0.2, 0.25) is 0 Å². The van der Waals surface area contributed by atoms with E-state index in [1.165, 1.54) is 0 Å². The van der Waals surface area contributed by atoms with Crippen LogP contribution in [-0.2, 0) is 20.9 Å². The van der Waals surface area contributed by atoms with E-state index in [-0.39, 0.29) is 36.2 Å². The van der Waals surface area contributed by atoms with Gasteiger partial charge in [-0.2, -0.15) is 0 Å². The van der Waals surface area contributed by atoms with Gasteiger partial charge in [0.25, 0.3) is 5.91 Å². The number of amides is 4. The highest BCUT2D eigenvalue weighted by Crippen LogP contribution is 2.28. The summed E-state index contributed by atoms with van der Waals surface area (Å²) in [5.74, 6) is -0.218. The lowest BCUT2D eigenvalue weighted by atomic mass is 9.85. The zero-order valence-electron chi connectivity index (χ0n) is 28.5. The minimum Gasteiger partial charge on any atom is -0.444 e. The Balaban J connectivity index is 1.20. The second-order valence-corrected chi connectivity index (χ2v) is 14.4. The van der Waals surface area contributed by atoms with Crippen molar-refractivity contribution in [1.29, 1.82) is 0 Å². The number of fused-ring (bicyclic) bond motifs is 1. The van der Waals surface area contributed by atoms with Crippen molar-refractivity contribution >= 4 is 51.1 Å². The molecule has 4 amide bonds. The first-order valence-corrected chi connectivity index (χ1v) is 17.8. The van der Waals surface area contributed by atoms with Crippen molar-refractivity contribution in [1.82, 2.24) is 20.5 Å². The van der Waals surface area contributed by atoms with Crippen LogP contribution >= 0.6 is 11.3 Å². The van der Waals surface area contributed by atoms with E-state index >= 15 is 0 Å². The van der Waals surface area contributed by atoms with Crippen LogP contribution in [0.4, 0.5) is 10.5 Å². The first kappa shape index (κ1) is 36.0. The second kappa shape index (κ2) is 16.8. The van der Waals surface area contributed by atoms with Gasteiger partial charge in [0.15, 0.2) is 0 Å². The number of alkyl carbamates (subject to hydrolysis) is 1. The first-order valence-electron chi connectivity index (χ1n) is 16.9. The molecule has 0 unspecified atom stereocenters. The summed E-state index contributed by atoms with van der Waals surface area (Å²) in [6.07, 6.45) is 6.24. The zero-order valence-corrected chi connectivity index (χ0v) is 29.3. The molecule has 0 saturated heterocycles. The number of rotatable bonds is 14. The monoisotopic (exact) mass is 665 g/mol. The smallest absolute Gasteiger partial charge is 0.407 e. The van der Waals surface area contributed by atoms with Crippen molar-refractivity contribution in [2.75, 3.05) is 24.5 Å². The first-order chi connectivity index (χ1) is 22.4. The molecule has 3 N–H and O–H groups in total. The van der Waals surface area contributed by atoms with E-state index in [9.17, 15) is 19.2 Å². The number of ether oxygens (including phenoxy) is 1. The molecule has 256 valence electrons. The standard InChI is InChI=1S/C36H51N5O5S/c1-6-40(28-13-11-12-25(2)22-28)32(42)24-41-29-18-21-47-31(29)23-30(41)34(44)39-27-16-14-26(15-17-27)33(43)37-19-9-7-8-10-20-38-35(45)46-36(3,4)5/h11-13,18,21-23,26-27H,6-10,14-17,19-20,24H2,1-5H3,(H,37,43)(H,38,45)(H,39,44). The summed E-state index contributed by atoms with van der Waals surface area (Å²) in [6, 6.07) is 11.7. The summed E-state index contributed by atoms with van der Waals surface area (Å²) in [5.41, 5.74) is 2.80. The quantitative estimate of drug-likeness (QED) is 0.169. The molecule has 0 bridgehead atoms. The van der Waals surface area contributed by atoms with Crippen LogP contribution in [0.3, 0.4) is 0 Å². The Bertz CT molecular complexity index is 1520. The third kappa shape index (κ3) is 10.6. The molecule has 3 aromatic rings. The molecule has 1 fully saturated rings. The Morgan fingerprint density at radius 3 is 2.32 bits per heavy atom. The van der Waals surface area contributed by atoms with Gasteiger partial charge in [-0.15, -0.1) is 11.3 Å². The fourth-order valence-corrected chi connectivity index (χ4v) is 6.90. The summed E-state index contributed by atoms with van der Waals surface area (Å²) in [6.45, 7) is 11.3. The number of unbranched alkanes of at least 4 members (excludes halogenated alkanes) is 3. The Labute approximate surface area is 282 Å². The van der Waals surface area contributed by atoms with Gasteiger partial charge in [0.1, 0.15) is 17.8 Å². The Morgan fingerprint density at radius 2 is 1.66 bits per heavy atom. The van der Waals surface area contributed by atoms with Gasteiger partial charge < -0.3 is 30.2 Å². The molecule has 47 heavy (non-hydrogen) atoms. The van der Waals surface area contributed by atoms with Crippen LogP contribution in [0.15, 0.2) is 41.8 Å². The molecule has 2 heterocycles. The summed E-state index contributed by atoms with van der Waals surface area (Å²) >= 11 is 1.55. The van der Waals surface area contributed by atoms with Crippen molar-refractivity contribution in [2.45, 2.75) is 104 Å². The molecule has 11 heteroatoms. The molecule has 1 aliphatic carbocycles. The van der Waals surface area contributed by atoms with Gasteiger partial charge in [-0.3, -0.25) is 14.4 Å². The lowest BCUT2D eigenvalue weighted by Gasteiger charge is -2.28. The van der Waals surface area contributed by atoms with Crippen LogP contribution in [0.25, 0.3) is 10.2 Å². The van der Waals surface area contributed by atoms with Crippen LogP contribution < -0.4 is 20.9 Å². The molecule has 0 aliphatic heterocycles. The van der Waals surface area contributed by atoms with Gasteiger partial charge in [0.05, 0.1) is 10.2 Å². The van der Waals surface area contributed by atoms with Gasteiger partial charge in [-0.05, 0) is 108 Å². The number of anilines is 1. The minimum absolute atomic E-state index is 0.0163. The maximum Gasteiger partial charge on any atom is 0.407 e. The van der Waals surface area contributed by atoms with Crippen LogP contribution in [0, 0.1) is 12.8 Å². The number of nitrogens with one attached hydrogen (secondary N) is 3. The summed E-state index contributed by atoms with van der Waals surface area (Å²) < 4.78 is 8.04. The van der Waals surface area contributed by atoms with E-state index in [1.807, 2.05) is 81.0 Å². The molecule has 1 aliphatic rings. The molecular formula is C36H51N5O5S. The number of nitrogens with zero attached hydrogens (tertiary/aromatic N) is 2. The molecule has 1 saturated carbocycles. The highest BCUT2D eigenvalue weighted by Gasteiger charge is 2.29. The second-order valence-electron chi connectivity index (χ2n) is 13.4. The Kier molecular flexibility index (Phi) is 12.9. The van der Waals surface area contributed by atoms with Crippen LogP contribution in [0.5, 0.6) is 0 Å². The number of aromatic nitrogens is 1. The average molecular weight is 666 g/mol. The van der Waals surface area contributed by atoms with E-state index < -0.39 is 11.7 Å². The van der Waals surface area contributed by atoms with Gasteiger partial charge >= 0.3 is 6.09 Å². The molecule has 0 radical (unpaired) electrons. The van der Waals surface area contributed by atoms with E-state index in [0.717, 1.165) is 72.8 Å². The fraction of sp³-hybridized carbons (Fsp3) is 0.556. The Morgan fingerprint density at radius 1 is 0.957 bits per heavy atom. The molecule has 0 atom stereocenters. The summed E-state index contributed by atoms with van der Waals surface area (Å²) in [7, 11) is 0. The van der Waals surface area contributed by atoms with Crippen molar-refractivity contribution in [3.8, 4) is 0 Å². The topological polar surface area (TPSA) is 122 Å². The van der Waals surface area contributed by atoms with Crippen molar-refractivity contribution in [3.63, 3.8) is 0 Å². The largest absolute Gasteiger partial charge is 0.444 e. The lowest BCUT2D eigenvalue weighted by Crippen LogP contribution is -2.42. The van der Waals surface area contributed by atoms with Crippen LogP contribution in [-0.4, -0.2) is 59.7 Å². The maximum atomic E-state index is 13.6. The lowest BCUT2D eigenvalue weighted by molar-refractivity contribution is -0.126. The number of likely N-dealkylation sites (N-methyl/N-ethyl adjacent to an activating group) is 1. The zero-order chi connectivity index (χ0) is 34.0. The summed E-state index contributed by atoms with van der Waals surface area (Å²) in [5, 5.41) is 11.0. The van der Waals surface area contributed by atoms with Crippen molar-refractivity contribution in [3.05, 3.63) is 53.0 Å². The fourth-order valence-electron chi connectivity index (χ4n) is 6.08. The van der Waals surface area contributed by atoms with Gasteiger partial charge in [0, 0.05) is 37.3 Å². The van der Waals surface area contributed by atoms with Gasteiger partial charge in [-0.25, -0.2) is 4.79 Å². The maximum absolute atomic E-state index is 13.6. The number of benzene rings is 1. The average Bonchev–Trinajstić information content (AvgIpc) is 3.61. The van der Waals surface area contributed by atoms with Gasteiger partial charge in [0.2, 0.25) is 11.8 Å². The molecule has 4 rings (SSSR count). The Hall–Kier alpha value is -3.86. The number of aryl methyl sites for hydroxylation is 1. The number of hydrogen-bond donors (Lipinski definition) is 3. The van der Waals surface area contributed by atoms with Crippen molar-refractivity contribution < 1.29 is 23.9 Å². The molecule has 10 nitrogen and oxygen atoms in total. The summed E-state index contributed by atoms with van der Waals surface area (Å²) in [4.78, 5) is 53.3. The van der Waals surface area contributed by atoms with Crippen LogP contribution in [0.1, 0.15) is 95.1 Å². The SMILES string of the molecule is CCN(C(=O)Cn1c(C(=O)NC2CCC(C(=O)NCCCCCCNC(=O)OC(C)(C)C)CC2)cc2sccc21)c1cccc(C)c1. The molecule has 1 aromatic carbocycles. The third-order valence-electron chi connectivity index (χ3n) is 8.48. The number of hydrogen-bond acceptors (Lipinski definition) is 6. The number of carbonyl (C=O) groups is 4. The predicted octanol–water partition coefficient (Wildman–Crippen LogP) is 6.55. The molecular weight excluding hydrogens is 614 g/mol. The van der Waals surface area contributed by atoms with Crippen molar-refractivity contribution in [2.24, 2.45) is 5.92 Å². The van der Waals surface area contributed by atoms with Gasteiger partial charge in [-0.1, -0.05) is 25.0 Å². The third-order valence-corrected chi connectivity index (χ3v) is 9.34. The number of carbonyl (C=O) groups excluding carboxylic acids is 4. The molecule has 2 aromatic heterocycles. The number of thiophene rings is 1. The van der Waals surface area contributed by atoms with E-state index in [2.05, 4.69) is 16.0 Å². The normalized spacial score (nSPS) is 16.4.